The average molecular weight is 341 g/mol. The molecule has 0 radical (unpaired) electrons. The molecule has 6 heteroatoms. The minimum absolute atomic E-state index is 0.238. The summed E-state index contributed by atoms with van der Waals surface area (Å²) in [5.74, 6) is 0.238. The van der Waals surface area contributed by atoms with Crippen LogP contribution >= 0.6 is 0 Å². The van der Waals surface area contributed by atoms with Crippen molar-refractivity contribution in [2.24, 2.45) is 5.73 Å². The fourth-order valence-electron chi connectivity index (χ4n) is 3.64. The number of rotatable bonds is 5. The van der Waals surface area contributed by atoms with Gasteiger partial charge in [-0.25, -0.2) is 4.79 Å². The minimum atomic E-state index is -0.362. The van der Waals surface area contributed by atoms with E-state index in [0.717, 1.165) is 31.6 Å². The quantitative estimate of drug-likeness (QED) is 0.867. The molecule has 2 aromatic rings. The third kappa shape index (κ3) is 4.27. The van der Waals surface area contributed by atoms with Gasteiger partial charge in [-0.15, -0.1) is 0 Å². The summed E-state index contributed by atoms with van der Waals surface area (Å²) in [6.07, 6.45) is 6.33. The Morgan fingerprint density at radius 1 is 1.24 bits per heavy atom. The Balaban J connectivity index is 1.72. The van der Waals surface area contributed by atoms with Crippen molar-refractivity contribution in [1.29, 1.82) is 0 Å². The maximum absolute atomic E-state index is 11.9. The van der Waals surface area contributed by atoms with E-state index >= 15 is 0 Å². The number of anilines is 1. The Labute approximate surface area is 148 Å². The summed E-state index contributed by atoms with van der Waals surface area (Å²) in [6.45, 7) is 4.12. The summed E-state index contributed by atoms with van der Waals surface area (Å²) in [6, 6.07) is 10.6. The lowest BCUT2D eigenvalue weighted by molar-refractivity contribution is 0.147. The fraction of sp³-hybridized carbons (Fsp3) is 0.474. The zero-order valence-corrected chi connectivity index (χ0v) is 14.8. The van der Waals surface area contributed by atoms with E-state index in [2.05, 4.69) is 28.9 Å². The predicted molar refractivity (Wildman–Crippen MR) is 101 cm³/mol. The standard InChI is InChI=1S/C19H27N5O/c1-2-23(17-5-3-4-15(20)12-17)13-14-6-8-16(9-7-14)24-11-10-18(21)22-19(24)25/h6-11,15,17H,2-5,12-13,20H2,1H3,(H2,21,22,25)/t15-,17?/m1/s1. The van der Waals surface area contributed by atoms with E-state index in [4.69, 9.17) is 11.5 Å². The van der Waals surface area contributed by atoms with E-state index in [0.29, 0.717) is 12.1 Å². The van der Waals surface area contributed by atoms with E-state index < -0.39 is 0 Å². The molecule has 1 aliphatic rings. The van der Waals surface area contributed by atoms with E-state index in [1.165, 1.54) is 23.0 Å². The van der Waals surface area contributed by atoms with Gasteiger partial charge in [-0.3, -0.25) is 9.47 Å². The Morgan fingerprint density at radius 2 is 2.00 bits per heavy atom. The van der Waals surface area contributed by atoms with Gasteiger partial charge in [-0.05, 0) is 49.6 Å². The summed E-state index contributed by atoms with van der Waals surface area (Å²) < 4.78 is 1.50. The molecule has 0 amide bonds. The molecule has 1 saturated carbocycles. The Hall–Kier alpha value is -2.18. The molecule has 0 spiro atoms. The van der Waals surface area contributed by atoms with Gasteiger partial charge in [-0.2, -0.15) is 4.98 Å². The zero-order chi connectivity index (χ0) is 17.8. The first-order valence-corrected chi connectivity index (χ1v) is 9.01. The highest BCUT2D eigenvalue weighted by atomic mass is 16.1. The van der Waals surface area contributed by atoms with Gasteiger partial charge in [0.1, 0.15) is 5.82 Å². The van der Waals surface area contributed by atoms with Crippen molar-refractivity contribution in [3.63, 3.8) is 0 Å². The normalized spacial score (nSPS) is 20.8. The molecule has 1 heterocycles. The molecular weight excluding hydrogens is 314 g/mol. The van der Waals surface area contributed by atoms with Gasteiger partial charge in [0.05, 0.1) is 5.69 Å². The van der Waals surface area contributed by atoms with E-state index in [1.54, 1.807) is 12.3 Å². The second-order valence-electron chi connectivity index (χ2n) is 6.82. The molecule has 1 aromatic heterocycles. The summed E-state index contributed by atoms with van der Waals surface area (Å²) >= 11 is 0. The van der Waals surface area contributed by atoms with Crippen LogP contribution in [0.1, 0.15) is 38.2 Å². The highest BCUT2D eigenvalue weighted by molar-refractivity contribution is 5.36. The summed E-state index contributed by atoms with van der Waals surface area (Å²) in [5.41, 5.74) is 13.4. The number of benzene rings is 1. The van der Waals surface area contributed by atoms with Crippen LogP contribution in [0.15, 0.2) is 41.3 Å². The second-order valence-corrected chi connectivity index (χ2v) is 6.82. The lowest BCUT2D eigenvalue weighted by Gasteiger charge is -2.36. The minimum Gasteiger partial charge on any atom is -0.383 e. The lowest BCUT2D eigenvalue weighted by atomic mass is 9.90. The first kappa shape index (κ1) is 17.6. The molecule has 0 bridgehead atoms. The molecule has 2 atom stereocenters. The number of hydrogen-bond donors (Lipinski definition) is 2. The monoisotopic (exact) mass is 341 g/mol. The number of hydrogen-bond acceptors (Lipinski definition) is 5. The van der Waals surface area contributed by atoms with E-state index in [1.807, 2.05) is 12.1 Å². The van der Waals surface area contributed by atoms with Gasteiger partial charge in [0.15, 0.2) is 0 Å². The van der Waals surface area contributed by atoms with Gasteiger partial charge in [0, 0.05) is 24.8 Å². The van der Waals surface area contributed by atoms with Crippen LogP contribution in [-0.2, 0) is 6.54 Å². The van der Waals surface area contributed by atoms with E-state index in [-0.39, 0.29) is 11.5 Å². The topological polar surface area (TPSA) is 90.2 Å². The summed E-state index contributed by atoms with van der Waals surface area (Å²) in [5, 5.41) is 0. The molecule has 6 nitrogen and oxygen atoms in total. The van der Waals surface area contributed by atoms with Crippen LogP contribution in [0.2, 0.25) is 0 Å². The van der Waals surface area contributed by atoms with Crippen molar-refractivity contribution in [3.8, 4) is 5.69 Å². The third-order valence-corrected chi connectivity index (χ3v) is 5.04. The first-order chi connectivity index (χ1) is 12.1. The maximum atomic E-state index is 11.9. The van der Waals surface area contributed by atoms with Crippen molar-refractivity contribution in [1.82, 2.24) is 14.5 Å². The predicted octanol–water partition coefficient (Wildman–Crippen LogP) is 1.91. The Morgan fingerprint density at radius 3 is 2.64 bits per heavy atom. The van der Waals surface area contributed by atoms with Crippen LogP contribution in [0.25, 0.3) is 5.69 Å². The molecule has 3 rings (SSSR count). The SMILES string of the molecule is CCN(Cc1ccc(-n2ccc(N)nc2=O)cc1)C1CCC[C@@H](N)C1. The fourth-order valence-corrected chi connectivity index (χ4v) is 3.64. The largest absolute Gasteiger partial charge is 0.383 e. The van der Waals surface area contributed by atoms with Crippen LogP contribution in [0, 0.1) is 0 Å². The first-order valence-electron chi connectivity index (χ1n) is 9.01. The lowest BCUT2D eigenvalue weighted by Crippen LogP contribution is -2.42. The van der Waals surface area contributed by atoms with Gasteiger partial charge >= 0.3 is 5.69 Å². The smallest absolute Gasteiger partial charge is 0.354 e. The highest BCUT2D eigenvalue weighted by Gasteiger charge is 2.24. The van der Waals surface area contributed by atoms with Crippen LogP contribution in [0.5, 0.6) is 0 Å². The number of nitrogen functional groups attached to an aromatic ring is 1. The third-order valence-electron chi connectivity index (χ3n) is 5.04. The number of aromatic nitrogens is 2. The molecule has 4 N–H and O–H groups in total. The van der Waals surface area contributed by atoms with Crippen LogP contribution < -0.4 is 17.2 Å². The highest BCUT2D eigenvalue weighted by Crippen LogP contribution is 2.23. The van der Waals surface area contributed by atoms with Crippen LogP contribution in [-0.4, -0.2) is 33.1 Å². The van der Waals surface area contributed by atoms with Gasteiger partial charge in [0.2, 0.25) is 0 Å². The number of nitrogens with zero attached hydrogens (tertiary/aromatic N) is 3. The van der Waals surface area contributed by atoms with Crippen molar-refractivity contribution >= 4 is 5.82 Å². The molecule has 0 saturated heterocycles. The second kappa shape index (κ2) is 7.80. The Bertz CT molecular complexity index is 755. The zero-order valence-electron chi connectivity index (χ0n) is 14.8. The van der Waals surface area contributed by atoms with Crippen molar-refractivity contribution < 1.29 is 0 Å². The molecule has 134 valence electrons. The molecule has 0 aliphatic heterocycles. The summed E-state index contributed by atoms with van der Waals surface area (Å²) in [7, 11) is 0. The maximum Gasteiger partial charge on any atom is 0.354 e. The Kier molecular flexibility index (Phi) is 5.50. The number of nitrogens with two attached hydrogens (primary N) is 2. The van der Waals surface area contributed by atoms with E-state index in [9.17, 15) is 4.79 Å². The molecule has 1 unspecified atom stereocenters. The molecule has 25 heavy (non-hydrogen) atoms. The van der Waals surface area contributed by atoms with Gasteiger partial charge in [-0.1, -0.05) is 25.5 Å². The van der Waals surface area contributed by atoms with Crippen LogP contribution in [0.3, 0.4) is 0 Å². The van der Waals surface area contributed by atoms with Gasteiger partial charge < -0.3 is 11.5 Å². The molecule has 1 aliphatic carbocycles. The van der Waals surface area contributed by atoms with Crippen LogP contribution in [0.4, 0.5) is 5.82 Å². The van der Waals surface area contributed by atoms with Crippen molar-refractivity contribution in [3.05, 3.63) is 52.6 Å². The molecule has 1 fully saturated rings. The average Bonchev–Trinajstić information content (AvgIpc) is 2.60. The summed E-state index contributed by atoms with van der Waals surface area (Å²) in [4.78, 5) is 18.2. The van der Waals surface area contributed by atoms with Gasteiger partial charge in [0.25, 0.3) is 0 Å². The van der Waals surface area contributed by atoms with Crippen molar-refractivity contribution in [2.75, 3.05) is 12.3 Å². The van der Waals surface area contributed by atoms with Crippen molar-refractivity contribution in [2.45, 2.75) is 51.2 Å². The molecule has 1 aromatic carbocycles. The molecular formula is C19H27N5O.